The van der Waals surface area contributed by atoms with E-state index >= 15 is 0 Å². The number of rotatable bonds is 6. The number of amides is 1. The van der Waals surface area contributed by atoms with Gasteiger partial charge in [-0.25, -0.2) is 0 Å². The Kier molecular flexibility index (Phi) is 5.55. The lowest BCUT2D eigenvalue weighted by molar-refractivity contribution is -0.128. The molecule has 27 heavy (non-hydrogen) atoms. The van der Waals surface area contributed by atoms with E-state index in [-0.39, 0.29) is 11.5 Å². The number of nitrogens with zero attached hydrogens (tertiary/aromatic N) is 2. The summed E-state index contributed by atoms with van der Waals surface area (Å²) in [5.74, 6) is 2.00. The van der Waals surface area contributed by atoms with Crippen LogP contribution in [-0.2, 0) is 9.53 Å². The van der Waals surface area contributed by atoms with Gasteiger partial charge in [0.25, 0.3) is 0 Å². The topological polar surface area (TPSA) is 51.2 Å². The van der Waals surface area contributed by atoms with Gasteiger partial charge < -0.3 is 19.1 Å². The van der Waals surface area contributed by atoms with Crippen molar-refractivity contribution in [2.75, 3.05) is 53.0 Å². The zero-order valence-electron chi connectivity index (χ0n) is 16.2. The highest BCUT2D eigenvalue weighted by Gasteiger charge is 2.44. The van der Waals surface area contributed by atoms with Crippen molar-refractivity contribution in [3.8, 4) is 11.5 Å². The molecule has 0 radical (unpaired) electrons. The number of likely N-dealkylation sites (tertiary alicyclic amines) is 2. The second kappa shape index (κ2) is 8.07. The Morgan fingerprint density at radius 3 is 2.78 bits per heavy atom. The lowest BCUT2D eigenvalue weighted by Crippen LogP contribution is -2.47. The first-order chi connectivity index (χ1) is 13.2. The molecule has 1 amide bonds. The van der Waals surface area contributed by atoms with Gasteiger partial charge in [0, 0.05) is 39.8 Å². The standard InChI is InChI=1S/C21H30N2O4/c1-25-12-4-9-23-16-21(13-20(23)24)7-10-22(11-8-21)14-17-15-26-18-5-2-3-6-19(18)27-17/h2-3,5-6,17H,4,7-16H2,1H3. The van der Waals surface area contributed by atoms with E-state index in [4.69, 9.17) is 14.2 Å². The lowest BCUT2D eigenvalue weighted by atomic mass is 9.77. The molecule has 2 fully saturated rings. The van der Waals surface area contributed by atoms with Crippen molar-refractivity contribution in [2.45, 2.75) is 31.8 Å². The van der Waals surface area contributed by atoms with Crippen molar-refractivity contribution in [2.24, 2.45) is 5.41 Å². The summed E-state index contributed by atoms with van der Waals surface area (Å²) in [4.78, 5) is 16.9. The van der Waals surface area contributed by atoms with Gasteiger partial charge in [0.15, 0.2) is 11.5 Å². The van der Waals surface area contributed by atoms with Crippen LogP contribution in [0.5, 0.6) is 11.5 Å². The van der Waals surface area contributed by atoms with Gasteiger partial charge in [-0.2, -0.15) is 0 Å². The SMILES string of the molecule is COCCCN1CC2(CCN(CC3COc4ccccc4O3)CC2)CC1=O. The Morgan fingerprint density at radius 2 is 2.00 bits per heavy atom. The molecule has 2 saturated heterocycles. The molecule has 6 nitrogen and oxygen atoms in total. The molecule has 4 rings (SSSR count). The van der Waals surface area contributed by atoms with Crippen LogP contribution in [0.1, 0.15) is 25.7 Å². The summed E-state index contributed by atoms with van der Waals surface area (Å²) >= 11 is 0. The highest BCUT2D eigenvalue weighted by molar-refractivity contribution is 5.79. The van der Waals surface area contributed by atoms with Crippen LogP contribution in [0.2, 0.25) is 0 Å². The quantitative estimate of drug-likeness (QED) is 0.715. The highest BCUT2D eigenvalue weighted by Crippen LogP contribution is 2.41. The minimum absolute atomic E-state index is 0.0738. The van der Waals surface area contributed by atoms with Gasteiger partial charge in [0.05, 0.1) is 0 Å². The molecule has 3 aliphatic heterocycles. The summed E-state index contributed by atoms with van der Waals surface area (Å²) in [6, 6.07) is 7.86. The third kappa shape index (κ3) is 4.22. The van der Waals surface area contributed by atoms with E-state index in [1.165, 1.54) is 0 Å². The number of para-hydroxylation sites is 2. The molecule has 0 aliphatic carbocycles. The maximum absolute atomic E-state index is 12.4. The van der Waals surface area contributed by atoms with Crippen LogP contribution in [-0.4, -0.2) is 74.9 Å². The Morgan fingerprint density at radius 1 is 1.22 bits per heavy atom. The summed E-state index contributed by atoms with van der Waals surface area (Å²) in [6.45, 7) is 6.00. The van der Waals surface area contributed by atoms with Crippen LogP contribution in [0.3, 0.4) is 0 Å². The fraction of sp³-hybridized carbons (Fsp3) is 0.667. The van der Waals surface area contributed by atoms with Crippen molar-refractivity contribution in [3.63, 3.8) is 0 Å². The predicted molar refractivity (Wildman–Crippen MR) is 102 cm³/mol. The van der Waals surface area contributed by atoms with E-state index in [0.717, 1.165) is 70.1 Å². The first-order valence-electron chi connectivity index (χ1n) is 10.1. The smallest absolute Gasteiger partial charge is 0.223 e. The molecule has 0 N–H and O–H groups in total. The number of piperidine rings is 1. The normalized spacial score (nSPS) is 24.6. The van der Waals surface area contributed by atoms with Crippen molar-refractivity contribution in [1.82, 2.24) is 9.80 Å². The fourth-order valence-electron chi connectivity index (χ4n) is 4.57. The van der Waals surface area contributed by atoms with Crippen LogP contribution in [0, 0.1) is 5.41 Å². The Labute approximate surface area is 161 Å². The molecular weight excluding hydrogens is 344 g/mol. The minimum Gasteiger partial charge on any atom is -0.486 e. The van der Waals surface area contributed by atoms with Gasteiger partial charge >= 0.3 is 0 Å². The van der Waals surface area contributed by atoms with Gasteiger partial charge in [0.2, 0.25) is 5.91 Å². The molecule has 3 aliphatic rings. The largest absolute Gasteiger partial charge is 0.486 e. The number of hydrogen-bond acceptors (Lipinski definition) is 5. The summed E-state index contributed by atoms with van der Waals surface area (Å²) in [7, 11) is 1.71. The van der Waals surface area contributed by atoms with Crippen molar-refractivity contribution >= 4 is 5.91 Å². The van der Waals surface area contributed by atoms with Gasteiger partial charge in [0.1, 0.15) is 12.7 Å². The van der Waals surface area contributed by atoms with E-state index in [9.17, 15) is 4.79 Å². The zero-order valence-corrected chi connectivity index (χ0v) is 16.2. The molecular formula is C21H30N2O4. The number of carbonyl (C=O) groups is 1. The second-order valence-corrected chi connectivity index (χ2v) is 8.14. The number of carbonyl (C=O) groups excluding carboxylic acids is 1. The Bertz CT molecular complexity index is 657. The third-order valence-corrected chi connectivity index (χ3v) is 6.13. The predicted octanol–water partition coefficient (Wildman–Crippen LogP) is 2.18. The second-order valence-electron chi connectivity index (χ2n) is 8.14. The number of hydrogen-bond donors (Lipinski definition) is 0. The lowest BCUT2D eigenvalue weighted by Gasteiger charge is -2.40. The van der Waals surface area contributed by atoms with Crippen molar-refractivity contribution in [1.29, 1.82) is 0 Å². The molecule has 3 heterocycles. The summed E-state index contributed by atoms with van der Waals surface area (Å²) in [5.41, 5.74) is 0.178. The van der Waals surface area contributed by atoms with Gasteiger partial charge in [-0.15, -0.1) is 0 Å². The summed E-state index contributed by atoms with van der Waals surface area (Å²) < 4.78 is 17.0. The number of ether oxygens (including phenoxy) is 3. The molecule has 6 heteroatoms. The van der Waals surface area contributed by atoms with Crippen LogP contribution in [0.25, 0.3) is 0 Å². The van der Waals surface area contributed by atoms with Gasteiger partial charge in [-0.1, -0.05) is 12.1 Å². The number of fused-ring (bicyclic) bond motifs is 1. The summed E-state index contributed by atoms with van der Waals surface area (Å²) in [5, 5.41) is 0. The van der Waals surface area contributed by atoms with Gasteiger partial charge in [-0.05, 0) is 49.9 Å². The molecule has 0 aromatic heterocycles. The van der Waals surface area contributed by atoms with E-state index in [1.807, 2.05) is 29.2 Å². The first-order valence-corrected chi connectivity index (χ1v) is 10.1. The van der Waals surface area contributed by atoms with Crippen LogP contribution >= 0.6 is 0 Å². The van der Waals surface area contributed by atoms with Crippen molar-refractivity contribution < 1.29 is 19.0 Å². The monoisotopic (exact) mass is 374 g/mol. The van der Waals surface area contributed by atoms with Crippen molar-refractivity contribution in [3.05, 3.63) is 24.3 Å². The van der Waals surface area contributed by atoms with E-state index in [2.05, 4.69) is 4.90 Å². The number of methoxy groups -OCH3 is 1. The summed E-state index contributed by atoms with van der Waals surface area (Å²) in [6.07, 6.45) is 3.88. The maximum atomic E-state index is 12.4. The molecule has 1 spiro atoms. The third-order valence-electron chi connectivity index (χ3n) is 6.13. The fourth-order valence-corrected chi connectivity index (χ4v) is 4.57. The van der Waals surface area contributed by atoms with Crippen LogP contribution in [0.15, 0.2) is 24.3 Å². The average Bonchev–Trinajstić information content (AvgIpc) is 2.99. The Hall–Kier alpha value is -1.79. The molecule has 1 atom stereocenters. The molecule has 1 aromatic rings. The molecule has 0 bridgehead atoms. The van der Waals surface area contributed by atoms with Crippen LogP contribution in [0.4, 0.5) is 0 Å². The van der Waals surface area contributed by atoms with Crippen LogP contribution < -0.4 is 9.47 Å². The van der Waals surface area contributed by atoms with E-state index in [1.54, 1.807) is 7.11 Å². The zero-order chi connectivity index (χ0) is 18.7. The minimum atomic E-state index is 0.0738. The molecule has 0 saturated carbocycles. The van der Waals surface area contributed by atoms with Gasteiger partial charge in [-0.3, -0.25) is 9.69 Å². The Balaban J connectivity index is 1.25. The van der Waals surface area contributed by atoms with E-state index in [0.29, 0.717) is 18.9 Å². The molecule has 1 aromatic carbocycles. The maximum Gasteiger partial charge on any atom is 0.223 e. The first kappa shape index (κ1) is 18.6. The highest BCUT2D eigenvalue weighted by atomic mass is 16.6. The average molecular weight is 374 g/mol. The molecule has 1 unspecified atom stereocenters. The van der Waals surface area contributed by atoms with E-state index < -0.39 is 0 Å². The number of benzene rings is 1. The molecule has 148 valence electrons.